The molecule has 2 N–H and O–H groups in total. The summed E-state index contributed by atoms with van der Waals surface area (Å²) in [6.45, 7) is 5.06. The molecule has 10 heavy (non-hydrogen) atoms. The van der Waals surface area contributed by atoms with Crippen LogP contribution in [0.2, 0.25) is 0 Å². The van der Waals surface area contributed by atoms with E-state index in [0.717, 1.165) is 6.54 Å². The number of rotatable bonds is 2. The summed E-state index contributed by atoms with van der Waals surface area (Å²) in [5.74, 6) is 1.19. The molecule has 0 bridgehead atoms. The van der Waals surface area contributed by atoms with Gasteiger partial charge in [0.05, 0.1) is 6.20 Å². The van der Waals surface area contributed by atoms with Crippen molar-refractivity contribution in [2.24, 2.45) is 5.92 Å². The van der Waals surface area contributed by atoms with E-state index < -0.39 is 0 Å². The van der Waals surface area contributed by atoms with E-state index in [1.807, 2.05) is 0 Å². The van der Waals surface area contributed by atoms with Crippen molar-refractivity contribution in [3.63, 3.8) is 0 Å². The van der Waals surface area contributed by atoms with E-state index in [-0.39, 0.29) is 0 Å². The molecule has 0 atom stereocenters. The molecule has 1 rings (SSSR count). The van der Waals surface area contributed by atoms with Crippen LogP contribution in [0.5, 0.6) is 0 Å². The van der Waals surface area contributed by atoms with Crippen LogP contribution in [0.1, 0.15) is 13.8 Å². The molecule has 0 unspecified atom stereocenters. The minimum Gasteiger partial charge on any atom is -0.383 e. The van der Waals surface area contributed by atoms with Gasteiger partial charge in [-0.25, -0.2) is 4.68 Å². The van der Waals surface area contributed by atoms with E-state index in [4.69, 9.17) is 5.73 Å². The molecule has 0 saturated heterocycles. The van der Waals surface area contributed by atoms with Gasteiger partial charge in [-0.2, -0.15) is 0 Å². The predicted molar refractivity (Wildman–Crippen MR) is 39.3 cm³/mol. The van der Waals surface area contributed by atoms with Crippen LogP contribution >= 0.6 is 0 Å². The van der Waals surface area contributed by atoms with Crippen molar-refractivity contribution in [3.05, 3.63) is 6.20 Å². The van der Waals surface area contributed by atoms with Crippen molar-refractivity contribution in [1.82, 2.24) is 15.0 Å². The first-order chi connectivity index (χ1) is 4.70. The fourth-order valence-corrected chi connectivity index (χ4v) is 0.753. The molecule has 0 spiro atoms. The molecule has 4 heteroatoms. The maximum atomic E-state index is 5.53. The average Bonchev–Trinajstić information content (AvgIpc) is 2.15. The lowest BCUT2D eigenvalue weighted by Crippen LogP contribution is -2.09. The summed E-state index contributed by atoms with van der Waals surface area (Å²) in [7, 11) is 0. The lowest BCUT2D eigenvalue weighted by atomic mass is 10.2. The van der Waals surface area contributed by atoms with Crippen LogP contribution < -0.4 is 5.73 Å². The number of anilines is 1. The topological polar surface area (TPSA) is 56.7 Å². The third-order valence-electron chi connectivity index (χ3n) is 1.19. The van der Waals surface area contributed by atoms with Gasteiger partial charge in [0.2, 0.25) is 0 Å². The maximum absolute atomic E-state index is 5.53. The van der Waals surface area contributed by atoms with Crippen molar-refractivity contribution in [2.45, 2.75) is 20.4 Å². The molecule has 0 aromatic carbocycles. The van der Waals surface area contributed by atoms with E-state index >= 15 is 0 Å². The zero-order valence-electron chi connectivity index (χ0n) is 6.28. The lowest BCUT2D eigenvalue weighted by molar-refractivity contribution is 0.477. The highest BCUT2D eigenvalue weighted by Gasteiger charge is 2.00. The van der Waals surface area contributed by atoms with Gasteiger partial charge in [-0.1, -0.05) is 19.1 Å². The van der Waals surface area contributed by atoms with Gasteiger partial charge in [-0.15, -0.1) is 5.10 Å². The summed E-state index contributed by atoms with van der Waals surface area (Å²) >= 11 is 0. The van der Waals surface area contributed by atoms with E-state index in [0.29, 0.717) is 11.7 Å². The number of nitrogens with two attached hydrogens (primary N) is 1. The quantitative estimate of drug-likeness (QED) is 0.651. The monoisotopic (exact) mass is 140 g/mol. The first-order valence-electron chi connectivity index (χ1n) is 3.34. The summed E-state index contributed by atoms with van der Waals surface area (Å²) in [6.07, 6.45) is 1.56. The molecule has 0 aliphatic heterocycles. The van der Waals surface area contributed by atoms with Crippen LogP contribution in [-0.4, -0.2) is 15.0 Å². The molecule has 4 nitrogen and oxygen atoms in total. The Hall–Kier alpha value is -1.06. The molecular weight excluding hydrogens is 128 g/mol. The lowest BCUT2D eigenvalue weighted by Gasteiger charge is -2.04. The van der Waals surface area contributed by atoms with Gasteiger partial charge in [0.25, 0.3) is 0 Å². The molecule has 0 amide bonds. The molecule has 1 aromatic rings. The molecule has 0 aliphatic rings. The van der Waals surface area contributed by atoms with Gasteiger partial charge in [0, 0.05) is 6.54 Å². The molecule has 0 radical (unpaired) electrons. The Bertz CT molecular complexity index is 203. The Balaban J connectivity index is 2.65. The first kappa shape index (κ1) is 7.05. The number of aromatic nitrogens is 3. The van der Waals surface area contributed by atoms with Gasteiger partial charge < -0.3 is 5.73 Å². The van der Waals surface area contributed by atoms with Crippen molar-refractivity contribution in [3.8, 4) is 0 Å². The zero-order chi connectivity index (χ0) is 7.56. The van der Waals surface area contributed by atoms with Crippen LogP contribution in [0.15, 0.2) is 6.20 Å². The molecule has 0 fully saturated rings. The molecule has 0 saturated carbocycles. The minimum atomic E-state index is 0.559. The number of hydrogen-bond acceptors (Lipinski definition) is 3. The highest BCUT2D eigenvalue weighted by Crippen LogP contribution is 2.01. The summed E-state index contributed by atoms with van der Waals surface area (Å²) in [5, 5.41) is 7.46. The van der Waals surface area contributed by atoms with Gasteiger partial charge >= 0.3 is 0 Å². The number of nitrogens with zero attached hydrogens (tertiary/aromatic N) is 3. The maximum Gasteiger partial charge on any atom is 0.142 e. The summed E-state index contributed by atoms with van der Waals surface area (Å²) in [4.78, 5) is 0. The van der Waals surface area contributed by atoms with Crippen LogP contribution in [0.3, 0.4) is 0 Å². The molecule has 0 aliphatic carbocycles. The minimum absolute atomic E-state index is 0.559. The Morgan fingerprint density at radius 3 is 2.80 bits per heavy atom. The van der Waals surface area contributed by atoms with Gasteiger partial charge in [-0.05, 0) is 5.92 Å². The highest BCUT2D eigenvalue weighted by atomic mass is 15.4. The van der Waals surface area contributed by atoms with Gasteiger partial charge in [0.1, 0.15) is 5.82 Å². The molecule has 1 aromatic heterocycles. The van der Waals surface area contributed by atoms with Crippen molar-refractivity contribution in [2.75, 3.05) is 5.73 Å². The second-order valence-corrected chi connectivity index (χ2v) is 2.73. The van der Waals surface area contributed by atoms with E-state index in [1.165, 1.54) is 0 Å². The Labute approximate surface area is 60.0 Å². The van der Waals surface area contributed by atoms with Crippen LogP contribution in [0, 0.1) is 5.92 Å². The van der Waals surface area contributed by atoms with Crippen LogP contribution in [0.4, 0.5) is 5.82 Å². The Morgan fingerprint density at radius 2 is 2.40 bits per heavy atom. The van der Waals surface area contributed by atoms with E-state index in [2.05, 4.69) is 24.2 Å². The van der Waals surface area contributed by atoms with Gasteiger partial charge in [0.15, 0.2) is 0 Å². The summed E-state index contributed by atoms with van der Waals surface area (Å²) in [6, 6.07) is 0. The second kappa shape index (κ2) is 2.68. The molecule has 1 heterocycles. The molecular formula is C6H12N4. The number of nitrogen functional groups attached to an aromatic ring is 1. The largest absolute Gasteiger partial charge is 0.383 e. The second-order valence-electron chi connectivity index (χ2n) is 2.73. The number of hydrogen-bond donors (Lipinski definition) is 1. The first-order valence-corrected chi connectivity index (χ1v) is 3.34. The third kappa shape index (κ3) is 1.46. The predicted octanol–water partition coefficient (Wildman–Crippen LogP) is 0.516. The Morgan fingerprint density at radius 1 is 1.70 bits per heavy atom. The summed E-state index contributed by atoms with van der Waals surface area (Å²) in [5.41, 5.74) is 5.53. The fourth-order valence-electron chi connectivity index (χ4n) is 0.753. The van der Waals surface area contributed by atoms with E-state index in [1.54, 1.807) is 10.9 Å². The summed E-state index contributed by atoms with van der Waals surface area (Å²) < 4.78 is 1.70. The van der Waals surface area contributed by atoms with Crippen molar-refractivity contribution < 1.29 is 0 Å². The Kier molecular flexibility index (Phi) is 1.89. The van der Waals surface area contributed by atoms with Crippen molar-refractivity contribution >= 4 is 5.82 Å². The highest BCUT2D eigenvalue weighted by molar-refractivity contribution is 5.21. The molecule has 56 valence electrons. The fraction of sp³-hybridized carbons (Fsp3) is 0.667. The smallest absolute Gasteiger partial charge is 0.142 e. The van der Waals surface area contributed by atoms with Crippen molar-refractivity contribution in [1.29, 1.82) is 0 Å². The standard InChI is InChI=1S/C6H12N4/c1-5(2)4-10-6(7)3-8-9-10/h3,5H,4,7H2,1-2H3. The SMILES string of the molecule is CC(C)Cn1nncc1N. The zero-order valence-corrected chi connectivity index (χ0v) is 6.28. The third-order valence-corrected chi connectivity index (χ3v) is 1.19. The van der Waals surface area contributed by atoms with Crippen LogP contribution in [0.25, 0.3) is 0 Å². The van der Waals surface area contributed by atoms with E-state index in [9.17, 15) is 0 Å². The normalized spacial score (nSPS) is 10.7. The van der Waals surface area contributed by atoms with Gasteiger partial charge in [-0.3, -0.25) is 0 Å². The van der Waals surface area contributed by atoms with Crippen LogP contribution in [-0.2, 0) is 6.54 Å². The average molecular weight is 140 g/mol.